The van der Waals surface area contributed by atoms with Crippen molar-refractivity contribution in [2.75, 3.05) is 65.9 Å². The number of rotatable bonds is 17. The fraction of sp³-hybridized carbons (Fsp3) is 0.929. The number of hydrogen-bond donors (Lipinski definition) is 2. The molecule has 0 aliphatic heterocycles. The first-order chi connectivity index (χ1) is 10.3. The Morgan fingerprint density at radius 1 is 0.857 bits per heavy atom. The zero-order valence-corrected chi connectivity index (χ0v) is 13.1. The second kappa shape index (κ2) is 17.3. The first-order valence-corrected chi connectivity index (χ1v) is 7.57. The van der Waals surface area contributed by atoms with Gasteiger partial charge in [-0.2, -0.15) is 0 Å². The lowest BCUT2D eigenvalue weighted by Crippen LogP contribution is -2.26. The molecule has 0 rings (SSSR count). The molecule has 0 saturated carbocycles. The molecule has 126 valence electrons. The highest BCUT2D eigenvalue weighted by atomic mass is 16.5. The Labute approximate surface area is 127 Å². The Balaban J connectivity index is 2.95. The van der Waals surface area contributed by atoms with Crippen molar-refractivity contribution in [1.82, 2.24) is 5.32 Å². The Bertz CT molecular complexity index is 229. The van der Waals surface area contributed by atoms with Gasteiger partial charge in [0.2, 0.25) is 5.91 Å². The number of carbonyl (C=O) groups excluding carboxylic acids is 1. The maximum Gasteiger partial charge on any atom is 0.243 e. The van der Waals surface area contributed by atoms with Crippen LogP contribution in [0.5, 0.6) is 0 Å². The summed E-state index contributed by atoms with van der Waals surface area (Å²) in [5.41, 5.74) is 4.93. The maximum absolute atomic E-state index is 10.4. The van der Waals surface area contributed by atoms with Crippen molar-refractivity contribution < 1.29 is 23.7 Å². The molecule has 0 heterocycles. The van der Waals surface area contributed by atoms with Crippen LogP contribution in [0.4, 0.5) is 0 Å². The van der Waals surface area contributed by atoms with Crippen LogP contribution in [0, 0.1) is 0 Å². The van der Waals surface area contributed by atoms with E-state index >= 15 is 0 Å². The van der Waals surface area contributed by atoms with Crippen molar-refractivity contribution in [2.45, 2.75) is 19.8 Å². The van der Waals surface area contributed by atoms with E-state index in [0.717, 1.165) is 26.0 Å². The molecular formula is C14H30N2O5. The van der Waals surface area contributed by atoms with Crippen LogP contribution in [0.1, 0.15) is 19.8 Å². The zero-order valence-electron chi connectivity index (χ0n) is 13.1. The van der Waals surface area contributed by atoms with Gasteiger partial charge in [0, 0.05) is 19.7 Å². The minimum Gasteiger partial charge on any atom is -0.379 e. The molecule has 0 saturated heterocycles. The molecule has 0 radical (unpaired) electrons. The molecule has 0 atom stereocenters. The normalized spacial score (nSPS) is 10.9. The highest BCUT2D eigenvalue weighted by Gasteiger charge is 1.94. The van der Waals surface area contributed by atoms with Crippen molar-refractivity contribution >= 4 is 5.91 Å². The zero-order chi connectivity index (χ0) is 15.6. The first kappa shape index (κ1) is 20.3. The van der Waals surface area contributed by atoms with Crippen molar-refractivity contribution in [2.24, 2.45) is 5.73 Å². The summed E-state index contributed by atoms with van der Waals surface area (Å²) in [6, 6.07) is 0. The van der Waals surface area contributed by atoms with Crippen molar-refractivity contribution in [3.63, 3.8) is 0 Å². The lowest BCUT2D eigenvalue weighted by Gasteiger charge is -2.07. The minimum absolute atomic E-state index is 0.0301. The second-order valence-electron chi connectivity index (χ2n) is 4.46. The smallest absolute Gasteiger partial charge is 0.243 e. The van der Waals surface area contributed by atoms with Gasteiger partial charge in [-0.1, -0.05) is 13.3 Å². The van der Waals surface area contributed by atoms with Gasteiger partial charge in [0.25, 0.3) is 0 Å². The highest BCUT2D eigenvalue weighted by molar-refractivity contribution is 5.74. The molecule has 0 aromatic rings. The van der Waals surface area contributed by atoms with Crippen LogP contribution in [0.25, 0.3) is 0 Å². The predicted octanol–water partition coefficient (Wildman–Crippen LogP) is -0.0722. The van der Waals surface area contributed by atoms with Crippen LogP contribution in [-0.4, -0.2) is 71.9 Å². The Morgan fingerprint density at radius 3 is 1.95 bits per heavy atom. The summed E-state index contributed by atoms with van der Waals surface area (Å²) in [7, 11) is 0. The van der Waals surface area contributed by atoms with Gasteiger partial charge in [-0.3, -0.25) is 4.79 Å². The predicted molar refractivity (Wildman–Crippen MR) is 80.2 cm³/mol. The number of nitrogens with one attached hydrogen (secondary N) is 1. The van der Waals surface area contributed by atoms with E-state index in [9.17, 15) is 4.79 Å². The summed E-state index contributed by atoms with van der Waals surface area (Å²) in [6.07, 6.45) is 2.25. The third-order valence-corrected chi connectivity index (χ3v) is 2.48. The van der Waals surface area contributed by atoms with Crippen LogP contribution >= 0.6 is 0 Å². The molecule has 7 nitrogen and oxygen atoms in total. The maximum atomic E-state index is 10.4. The van der Waals surface area contributed by atoms with E-state index in [4.69, 9.17) is 24.7 Å². The topological polar surface area (TPSA) is 92.0 Å². The molecule has 0 fully saturated rings. The van der Waals surface area contributed by atoms with Crippen LogP contribution < -0.4 is 11.1 Å². The summed E-state index contributed by atoms with van der Waals surface area (Å²) >= 11 is 0. The van der Waals surface area contributed by atoms with E-state index in [1.54, 1.807) is 0 Å². The number of hydrogen-bond acceptors (Lipinski definition) is 6. The van der Waals surface area contributed by atoms with Gasteiger partial charge in [0.15, 0.2) is 0 Å². The van der Waals surface area contributed by atoms with Crippen LogP contribution in [-0.2, 0) is 23.7 Å². The fourth-order valence-corrected chi connectivity index (χ4v) is 1.37. The van der Waals surface area contributed by atoms with Crippen molar-refractivity contribution in [1.29, 1.82) is 0 Å². The molecule has 0 aliphatic rings. The summed E-state index contributed by atoms with van der Waals surface area (Å²) < 4.78 is 21.1. The second-order valence-corrected chi connectivity index (χ2v) is 4.46. The Morgan fingerprint density at radius 2 is 1.38 bits per heavy atom. The lowest BCUT2D eigenvalue weighted by atomic mass is 10.4. The summed E-state index contributed by atoms with van der Waals surface area (Å²) in [5, 5.41) is 3.13. The van der Waals surface area contributed by atoms with Gasteiger partial charge in [0.1, 0.15) is 6.61 Å². The molecule has 0 bridgehead atoms. The fourth-order valence-electron chi connectivity index (χ4n) is 1.37. The largest absolute Gasteiger partial charge is 0.379 e. The number of primary amides is 1. The molecule has 0 unspecified atom stereocenters. The average molecular weight is 306 g/mol. The van der Waals surface area contributed by atoms with Gasteiger partial charge in [-0.05, 0) is 6.42 Å². The van der Waals surface area contributed by atoms with E-state index in [0.29, 0.717) is 46.2 Å². The van der Waals surface area contributed by atoms with Crippen molar-refractivity contribution in [3.05, 3.63) is 0 Å². The van der Waals surface area contributed by atoms with Crippen LogP contribution in [0.3, 0.4) is 0 Å². The average Bonchev–Trinajstić information content (AvgIpc) is 2.46. The molecule has 7 heteroatoms. The minimum atomic E-state index is -0.450. The van der Waals surface area contributed by atoms with E-state index in [1.807, 2.05) is 0 Å². The quantitative estimate of drug-likeness (QED) is 0.365. The first-order valence-electron chi connectivity index (χ1n) is 7.57. The van der Waals surface area contributed by atoms with Gasteiger partial charge < -0.3 is 30.0 Å². The van der Waals surface area contributed by atoms with Crippen molar-refractivity contribution in [3.8, 4) is 0 Å². The molecule has 21 heavy (non-hydrogen) atoms. The van der Waals surface area contributed by atoms with E-state index in [-0.39, 0.29) is 6.61 Å². The summed E-state index contributed by atoms with van der Waals surface area (Å²) in [4.78, 5) is 10.4. The van der Waals surface area contributed by atoms with E-state index < -0.39 is 5.91 Å². The summed E-state index contributed by atoms with van der Waals surface area (Å²) in [5.74, 6) is -0.450. The molecule has 0 aromatic carbocycles. The monoisotopic (exact) mass is 306 g/mol. The standard InChI is InChI=1S/C14H30N2O5/c1-2-3-6-18-9-11-20-12-10-19-7-4-16-5-8-21-13-14(15)17/h16H,2-13H2,1H3,(H2,15,17). The third-order valence-electron chi connectivity index (χ3n) is 2.48. The van der Waals surface area contributed by atoms with Crippen LogP contribution in [0.2, 0.25) is 0 Å². The SMILES string of the molecule is CCCCOCCOCCOCCNCCOCC(N)=O. The molecule has 3 N–H and O–H groups in total. The Hall–Kier alpha value is -0.730. The Kier molecular flexibility index (Phi) is 16.7. The van der Waals surface area contributed by atoms with Gasteiger partial charge in [-0.25, -0.2) is 0 Å². The number of nitrogens with two attached hydrogens (primary N) is 1. The summed E-state index contributed by atoms with van der Waals surface area (Å²) in [6.45, 7) is 7.82. The number of unbranched alkanes of at least 4 members (excludes halogenated alkanes) is 1. The number of carbonyl (C=O) groups is 1. The van der Waals surface area contributed by atoms with Gasteiger partial charge in [0.05, 0.1) is 39.6 Å². The van der Waals surface area contributed by atoms with Gasteiger partial charge >= 0.3 is 0 Å². The lowest BCUT2D eigenvalue weighted by molar-refractivity contribution is -0.122. The molecule has 0 spiro atoms. The number of ether oxygens (including phenoxy) is 4. The highest BCUT2D eigenvalue weighted by Crippen LogP contribution is 1.87. The molecule has 0 aromatic heterocycles. The molecule has 1 amide bonds. The third kappa shape index (κ3) is 19.3. The molecule has 0 aliphatic carbocycles. The van der Waals surface area contributed by atoms with E-state index in [2.05, 4.69) is 12.2 Å². The van der Waals surface area contributed by atoms with E-state index in [1.165, 1.54) is 0 Å². The molecular weight excluding hydrogens is 276 g/mol. The number of amides is 1. The van der Waals surface area contributed by atoms with Gasteiger partial charge in [-0.15, -0.1) is 0 Å². The van der Waals surface area contributed by atoms with Crippen LogP contribution in [0.15, 0.2) is 0 Å².